The van der Waals surface area contributed by atoms with Crippen LogP contribution in [0.15, 0.2) is 42.5 Å². The maximum absolute atomic E-state index is 15.5. The predicted octanol–water partition coefficient (Wildman–Crippen LogP) is 6.62. The molecule has 0 saturated heterocycles. The summed E-state index contributed by atoms with van der Waals surface area (Å²) in [7, 11) is 2.84. The van der Waals surface area contributed by atoms with E-state index in [1.54, 1.807) is 13.2 Å². The summed E-state index contributed by atoms with van der Waals surface area (Å²) in [4.78, 5) is 12.1. The highest BCUT2D eigenvalue weighted by Crippen LogP contribution is 2.50. The molecule has 2 aromatic rings. The first kappa shape index (κ1) is 24.5. The van der Waals surface area contributed by atoms with Crippen molar-refractivity contribution in [1.82, 2.24) is 0 Å². The van der Waals surface area contributed by atoms with Gasteiger partial charge < -0.3 is 14.8 Å². The van der Waals surface area contributed by atoms with E-state index in [2.05, 4.69) is 5.32 Å². The number of halogens is 2. The average Bonchev–Trinajstić information content (AvgIpc) is 3.68. The van der Waals surface area contributed by atoms with Crippen molar-refractivity contribution in [2.24, 2.45) is 11.8 Å². The van der Waals surface area contributed by atoms with Crippen LogP contribution in [0.4, 0.5) is 14.5 Å². The number of carbonyl (C=O) groups is 1. The van der Waals surface area contributed by atoms with Crippen molar-refractivity contribution >= 4 is 11.7 Å². The number of anilines is 1. The molecule has 0 bridgehead atoms. The number of ether oxygens (including phenoxy) is 2. The molecule has 0 aromatic heterocycles. The Morgan fingerprint density at radius 3 is 2.47 bits per heavy atom. The number of alkyl halides is 1. The average molecular weight is 472 g/mol. The summed E-state index contributed by atoms with van der Waals surface area (Å²) in [6, 6.07) is 12.8. The lowest BCUT2D eigenvalue weighted by atomic mass is 9.78. The Kier molecular flexibility index (Phi) is 7.44. The Morgan fingerprint density at radius 1 is 1.09 bits per heavy atom. The number of carbonyl (C=O) groups excluding carboxylic acids is 1. The number of hydrogen-bond acceptors (Lipinski definition) is 4. The molecule has 0 aliphatic heterocycles. The zero-order valence-corrected chi connectivity index (χ0v) is 20.3. The van der Waals surface area contributed by atoms with Crippen LogP contribution in [-0.2, 0) is 9.53 Å². The van der Waals surface area contributed by atoms with Gasteiger partial charge in [0.1, 0.15) is 11.6 Å². The van der Waals surface area contributed by atoms with Crippen LogP contribution in [0.1, 0.15) is 68.4 Å². The Balaban J connectivity index is 1.36. The third kappa shape index (κ3) is 5.37. The van der Waals surface area contributed by atoms with Crippen LogP contribution >= 0.6 is 0 Å². The molecule has 0 heterocycles. The molecule has 2 saturated carbocycles. The van der Waals surface area contributed by atoms with E-state index < -0.39 is 17.6 Å². The van der Waals surface area contributed by atoms with Gasteiger partial charge in [-0.05, 0) is 105 Å². The first-order chi connectivity index (χ1) is 16.3. The summed E-state index contributed by atoms with van der Waals surface area (Å²) in [6.07, 6.45) is 5.78. The fraction of sp³-hybridized carbons (Fsp3) is 0.536. The number of hydrogen-bond donors (Lipinski definition) is 1. The van der Waals surface area contributed by atoms with Crippen molar-refractivity contribution in [2.75, 3.05) is 26.1 Å². The summed E-state index contributed by atoms with van der Waals surface area (Å²) in [5.74, 6) is 0.0970. The zero-order valence-electron chi connectivity index (χ0n) is 20.3. The highest BCUT2D eigenvalue weighted by atomic mass is 19.1. The van der Waals surface area contributed by atoms with Crippen LogP contribution < -0.4 is 10.1 Å². The van der Waals surface area contributed by atoms with E-state index in [9.17, 15) is 9.18 Å². The van der Waals surface area contributed by atoms with Crippen molar-refractivity contribution < 1.29 is 23.0 Å². The molecule has 4 nitrogen and oxygen atoms in total. The second-order valence-corrected chi connectivity index (χ2v) is 9.99. The highest BCUT2D eigenvalue weighted by Gasteiger charge is 2.50. The third-order valence-corrected chi connectivity index (χ3v) is 7.59. The van der Waals surface area contributed by atoms with Crippen LogP contribution in [-0.4, -0.2) is 32.4 Å². The summed E-state index contributed by atoms with van der Waals surface area (Å²) < 4.78 is 39.8. The largest absolute Gasteiger partial charge is 0.497 e. The van der Waals surface area contributed by atoms with Crippen LogP contribution in [0.25, 0.3) is 0 Å². The van der Waals surface area contributed by atoms with E-state index in [-0.39, 0.29) is 17.7 Å². The Hall–Kier alpha value is -2.63. The minimum absolute atomic E-state index is 0.156. The minimum Gasteiger partial charge on any atom is -0.497 e. The smallest absolute Gasteiger partial charge is 0.343 e. The number of methoxy groups -OCH3 is 2. The van der Waals surface area contributed by atoms with E-state index in [4.69, 9.17) is 9.47 Å². The SMILES string of the molecule is COC(=O)C(C)(F)[C@H](c1cccc(NC[C@H]2CC[C@H](c3cc(OC)ccc3F)CC2)c1)C1CC1. The molecule has 184 valence electrons. The van der Waals surface area contributed by atoms with Crippen LogP contribution in [0.2, 0.25) is 0 Å². The Morgan fingerprint density at radius 2 is 1.82 bits per heavy atom. The van der Waals surface area contributed by atoms with Gasteiger partial charge in [-0.2, -0.15) is 0 Å². The molecule has 2 aromatic carbocycles. The van der Waals surface area contributed by atoms with Crippen molar-refractivity contribution in [3.63, 3.8) is 0 Å². The van der Waals surface area contributed by atoms with Gasteiger partial charge in [0.2, 0.25) is 5.67 Å². The van der Waals surface area contributed by atoms with Gasteiger partial charge in [-0.1, -0.05) is 12.1 Å². The molecule has 2 atom stereocenters. The molecule has 1 unspecified atom stereocenters. The second-order valence-electron chi connectivity index (χ2n) is 9.99. The molecule has 2 aliphatic rings. The van der Waals surface area contributed by atoms with Crippen molar-refractivity contribution in [3.8, 4) is 5.75 Å². The molecule has 34 heavy (non-hydrogen) atoms. The van der Waals surface area contributed by atoms with Gasteiger partial charge in [0.15, 0.2) is 0 Å². The zero-order chi connectivity index (χ0) is 24.3. The van der Waals surface area contributed by atoms with E-state index in [0.717, 1.165) is 61.9 Å². The summed E-state index contributed by atoms with van der Waals surface area (Å²) in [6.45, 7) is 2.15. The Bertz CT molecular complexity index is 997. The van der Waals surface area contributed by atoms with Crippen molar-refractivity contribution in [3.05, 3.63) is 59.4 Å². The lowest BCUT2D eigenvalue weighted by Gasteiger charge is -2.30. The quantitative estimate of drug-likeness (QED) is 0.418. The normalized spacial score (nSPS) is 23.0. The predicted molar refractivity (Wildman–Crippen MR) is 130 cm³/mol. The lowest BCUT2D eigenvalue weighted by molar-refractivity contribution is -0.155. The summed E-state index contributed by atoms with van der Waals surface area (Å²) in [5, 5.41) is 3.52. The third-order valence-electron chi connectivity index (χ3n) is 7.59. The molecule has 4 rings (SSSR count). The Labute approximate surface area is 201 Å². The first-order valence-corrected chi connectivity index (χ1v) is 12.3. The van der Waals surface area contributed by atoms with E-state index in [0.29, 0.717) is 11.7 Å². The minimum atomic E-state index is -2.05. The molecule has 2 fully saturated rings. The molecule has 6 heteroatoms. The van der Waals surface area contributed by atoms with Crippen molar-refractivity contribution in [2.45, 2.75) is 63.0 Å². The fourth-order valence-electron chi connectivity index (χ4n) is 5.53. The molecular weight excluding hydrogens is 436 g/mol. The molecule has 0 spiro atoms. The van der Waals surface area contributed by atoms with Gasteiger partial charge in [0, 0.05) is 18.2 Å². The molecular formula is C28H35F2NO3. The number of benzene rings is 2. The number of nitrogens with one attached hydrogen (secondary N) is 1. The van der Waals surface area contributed by atoms with Gasteiger partial charge in [0.05, 0.1) is 14.2 Å². The maximum Gasteiger partial charge on any atom is 0.343 e. The van der Waals surface area contributed by atoms with Crippen molar-refractivity contribution in [1.29, 1.82) is 0 Å². The molecule has 0 amide bonds. The van der Waals surface area contributed by atoms with Gasteiger partial charge in [0.25, 0.3) is 0 Å². The van der Waals surface area contributed by atoms with Gasteiger partial charge in [-0.15, -0.1) is 0 Å². The lowest BCUT2D eigenvalue weighted by Crippen LogP contribution is -2.39. The maximum atomic E-state index is 15.5. The van der Waals surface area contributed by atoms with E-state index in [1.807, 2.05) is 30.3 Å². The first-order valence-electron chi connectivity index (χ1n) is 12.3. The van der Waals surface area contributed by atoms with Crippen LogP contribution in [0.5, 0.6) is 5.75 Å². The molecule has 1 N–H and O–H groups in total. The monoisotopic (exact) mass is 471 g/mol. The highest BCUT2D eigenvalue weighted by molar-refractivity contribution is 5.80. The summed E-state index contributed by atoms with van der Waals surface area (Å²) >= 11 is 0. The number of esters is 1. The van der Waals surface area contributed by atoms with Crippen LogP contribution in [0, 0.1) is 17.7 Å². The number of rotatable bonds is 9. The standard InChI is InChI=1S/C28H35F2NO3/c1-28(30,27(32)34-3)26(20-11-12-20)21-5-4-6-22(15-21)31-17-18-7-9-19(10-8-18)24-16-23(33-2)13-14-25(24)29/h4-6,13-16,18-20,26,31H,7-12,17H2,1-3H3/t18-,19-,26-,28?/m0/s1. The summed E-state index contributed by atoms with van der Waals surface area (Å²) in [5.41, 5.74) is 0.469. The molecule has 2 aliphatic carbocycles. The second kappa shape index (κ2) is 10.3. The van der Waals surface area contributed by atoms with E-state index in [1.165, 1.54) is 20.1 Å². The van der Waals surface area contributed by atoms with Gasteiger partial charge >= 0.3 is 5.97 Å². The van der Waals surface area contributed by atoms with E-state index >= 15 is 4.39 Å². The molecule has 0 radical (unpaired) electrons. The fourth-order valence-corrected chi connectivity index (χ4v) is 5.53. The van der Waals surface area contributed by atoms with Gasteiger partial charge in [-0.25, -0.2) is 13.6 Å². The van der Waals surface area contributed by atoms with Crippen LogP contribution in [0.3, 0.4) is 0 Å². The topological polar surface area (TPSA) is 47.6 Å². The van der Waals surface area contributed by atoms with Gasteiger partial charge in [-0.3, -0.25) is 0 Å².